The van der Waals surface area contributed by atoms with Crippen LogP contribution in [0, 0.1) is 0 Å². The minimum Gasteiger partial charge on any atom is -0.438 e. The van der Waals surface area contributed by atoms with Crippen LogP contribution in [0.5, 0.6) is 0 Å². The molecule has 0 aromatic rings. The van der Waals surface area contributed by atoms with Crippen molar-refractivity contribution in [3.63, 3.8) is 0 Å². The summed E-state index contributed by atoms with van der Waals surface area (Å²) in [6.07, 6.45) is -3.81. The van der Waals surface area contributed by atoms with Crippen LogP contribution in [0.4, 0.5) is 13.2 Å². The second kappa shape index (κ2) is 6.28. The Bertz CT molecular complexity index is 345. The number of rotatable bonds is 2. The van der Waals surface area contributed by atoms with E-state index in [1.54, 1.807) is 11.9 Å². The number of halogens is 3. The van der Waals surface area contributed by atoms with Gasteiger partial charge in [-0.1, -0.05) is 0 Å². The lowest BCUT2D eigenvalue weighted by Gasteiger charge is -2.43. The van der Waals surface area contributed by atoms with E-state index in [2.05, 4.69) is 15.0 Å². The number of alkyl halides is 3. The number of piperazine rings is 1. The van der Waals surface area contributed by atoms with E-state index in [4.69, 9.17) is 0 Å². The van der Waals surface area contributed by atoms with E-state index in [-0.39, 0.29) is 0 Å². The molecule has 2 aliphatic heterocycles. The molecule has 2 fully saturated rings. The standard InChI is InChI=1S/C12H20F3N3O2/c1-17-6-7-18(9-2-4-16-5-3-9)8-10(17)20-11(19)12(13,14)15/h9-10,16H,2-8H2,1H3. The molecule has 1 unspecified atom stereocenters. The van der Waals surface area contributed by atoms with Gasteiger partial charge in [-0.05, 0) is 33.0 Å². The Morgan fingerprint density at radius 3 is 2.50 bits per heavy atom. The van der Waals surface area contributed by atoms with Crippen molar-refractivity contribution in [2.24, 2.45) is 0 Å². The van der Waals surface area contributed by atoms with E-state index in [0.717, 1.165) is 32.5 Å². The minimum absolute atomic E-state index is 0.336. The molecule has 2 aliphatic rings. The predicted octanol–water partition coefficient (Wildman–Crippen LogP) is 0.417. The van der Waals surface area contributed by atoms with Gasteiger partial charge in [0.15, 0.2) is 6.23 Å². The minimum atomic E-state index is -4.93. The molecule has 8 heteroatoms. The van der Waals surface area contributed by atoms with Gasteiger partial charge in [0.25, 0.3) is 0 Å². The number of piperidine rings is 1. The number of nitrogens with one attached hydrogen (secondary N) is 1. The predicted molar refractivity (Wildman–Crippen MR) is 66.0 cm³/mol. The van der Waals surface area contributed by atoms with Crippen LogP contribution in [0.2, 0.25) is 0 Å². The summed E-state index contributed by atoms with van der Waals surface area (Å²) in [5.74, 6) is -2.11. The smallest absolute Gasteiger partial charge is 0.438 e. The maximum Gasteiger partial charge on any atom is 0.490 e. The number of hydrogen-bond donors (Lipinski definition) is 1. The van der Waals surface area contributed by atoms with Gasteiger partial charge in [-0.3, -0.25) is 9.80 Å². The summed E-state index contributed by atoms with van der Waals surface area (Å²) in [6.45, 7) is 3.57. The highest BCUT2D eigenvalue weighted by Gasteiger charge is 2.44. The second-order valence-electron chi connectivity index (χ2n) is 5.31. The third-order valence-corrected chi connectivity index (χ3v) is 3.92. The SMILES string of the molecule is CN1CCN(C2CCNCC2)CC1OC(=O)C(F)(F)F. The van der Waals surface area contributed by atoms with Crippen LogP contribution in [-0.4, -0.2) is 74.0 Å². The number of hydrogen-bond acceptors (Lipinski definition) is 5. The summed E-state index contributed by atoms with van der Waals surface area (Å²) in [5, 5.41) is 3.25. The second-order valence-corrected chi connectivity index (χ2v) is 5.31. The topological polar surface area (TPSA) is 44.8 Å². The Kier molecular flexibility index (Phi) is 4.87. The molecule has 0 aromatic carbocycles. The monoisotopic (exact) mass is 295 g/mol. The first-order valence-corrected chi connectivity index (χ1v) is 6.81. The Hall–Kier alpha value is -0.860. The van der Waals surface area contributed by atoms with Crippen molar-refractivity contribution in [3.05, 3.63) is 0 Å². The molecular weight excluding hydrogens is 275 g/mol. The average molecular weight is 295 g/mol. The van der Waals surface area contributed by atoms with E-state index in [9.17, 15) is 18.0 Å². The molecule has 0 amide bonds. The number of nitrogens with zero attached hydrogens (tertiary/aromatic N) is 2. The average Bonchev–Trinajstić information content (AvgIpc) is 2.41. The van der Waals surface area contributed by atoms with Crippen molar-refractivity contribution >= 4 is 5.97 Å². The number of carbonyl (C=O) groups is 1. The first kappa shape index (κ1) is 15.5. The Labute approximate surface area is 116 Å². The van der Waals surface area contributed by atoms with Gasteiger partial charge in [0.05, 0.1) is 0 Å². The lowest BCUT2D eigenvalue weighted by Crippen LogP contribution is -2.57. The largest absolute Gasteiger partial charge is 0.490 e. The van der Waals surface area contributed by atoms with Gasteiger partial charge in [0, 0.05) is 25.7 Å². The maximum absolute atomic E-state index is 12.3. The number of esters is 1. The first-order valence-electron chi connectivity index (χ1n) is 6.81. The van der Waals surface area contributed by atoms with E-state index in [1.807, 2.05) is 0 Å². The quantitative estimate of drug-likeness (QED) is 0.748. The van der Waals surface area contributed by atoms with Crippen LogP contribution in [0.15, 0.2) is 0 Å². The molecular formula is C12H20F3N3O2. The molecule has 0 aliphatic carbocycles. The van der Waals surface area contributed by atoms with Crippen LogP contribution >= 0.6 is 0 Å². The van der Waals surface area contributed by atoms with Crippen LogP contribution in [0.25, 0.3) is 0 Å². The van der Waals surface area contributed by atoms with Crippen LogP contribution < -0.4 is 5.32 Å². The molecule has 5 nitrogen and oxygen atoms in total. The molecule has 0 radical (unpaired) electrons. The van der Waals surface area contributed by atoms with Crippen LogP contribution in [0.1, 0.15) is 12.8 Å². The van der Waals surface area contributed by atoms with Crippen molar-refractivity contribution in [2.75, 3.05) is 39.8 Å². The van der Waals surface area contributed by atoms with Gasteiger partial charge < -0.3 is 10.1 Å². The summed E-state index contributed by atoms with van der Waals surface area (Å²) in [5.41, 5.74) is 0. The fraction of sp³-hybridized carbons (Fsp3) is 0.917. The lowest BCUT2D eigenvalue weighted by molar-refractivity contribution is -0.216. The normalized spacial score (nSPS) is 27.5. The van der Waals surface area contributed by atoms with E-state index < -0.39 is 18.4 Å². The van der Waals surface area contributed by atoms with Gasteiger partial charge in [-0.15, -0.1) is 0 Å². The maximum atomic E-state index is 12.3. The summed E-state index contributed by atoms with van der Waals surface area (Å²) in [7, 11) is 1.67. The van der Waals surface area contributed by atoms with Crippen molar-refractivity contribution in [1.29, 1.82) is 0 Å². The van der Waals surface area contributed by atoms with Gasteiger partial charge in [0.2, 0.25) is 0 Å². The third-order valence-electron chi connectivity index (χ3n) is 3.92. The third kappa shape index (κ3) is 3.83. The Morgan fingerprint density at radius 2 is 1.90 bits per heavy atom. The molecule has 20 heavy (non-hydrogen) atoms. The van der Waals surface area contributed by atoms with Crippen LogP contribution in [-0.2, 0) is 9.53 Å². The summed E-state index contributed by atoms with van der Waals surface area (Å²) in [4.78, 5) is 14.7. The highest BCUT2D eigenvalue weighted by Crippen LogP contribution is 2.21. The number of ether oxygens (including phenoxy) is 1. The molecule has 0 aromatic heterocycles. The van der Waals surface area contributed by atoms with Crippen molar-refractivity contribution in [1.82, 2.24) is 15.1 Å². The Morgan fingerprint density at radius 1 is 1.25 bits per heavy atom. The molecule has 0 bridgehead atoms. The van der Waals surface area contributed by atoms with Gasteiger partial charge in [-0.25, -0.2) is 4.79 Å². The molecule has 0 spiro atoms. The summed E-state index contributed by atoms with van der Waals surface area (Å²) < 4.78 is 41.4. The molecule has 1 N–H and O–H groups in total. The number of carbonyl (C=O) groups excluding carboxylic acids is 1. The van der Waals surface area contributed by atoms with Crippen LogP contribution in [0.3, 0.4) is 0 Å². The number of likely N-dealkylation sites (N-methyl/N-ethyl adjacent to an activating group) is 1. The van der Waals surface area contributed by atoms with Gasteiger partial charge in [0.1, 0.15) is 0 Å². The molecule has 116 valence electrons. The first-order chi connectivity index (χ1) is 9.38. The zero-order chi connectivity index (χ0) is 14.8. The van der Waals surface area contributed by atoms with Crippen molar-refractivity contribution < 1.29 is 22.7 Å². The summed E-state index contributed by atoms with van der Waals surface area (Å²) >= 11 is 0. The zero-order valence-corrected chi connectivity index (χ0v) is 11.4. The molecule has 2 saturated heterocycles. The highest BCUT2D eigenvalue weighted by atomic mass is 19.4. The fourth-order valence-electron chi connectivity index (χ4n) is 2.68. The molecule has 0 saturated carbocycles. The molecule has 2 heterocycles. The molecule has 1 atom stereocenters. The zero-order valence-electron chi connectivity index (χ0n) is 11.4. The van der Waals surface area contributed by atoms with Crippen molar-refractivity contribution in [2.45, 2.75) is 31.3 Å². The van der Waals surface area contributed by atoms with E-state index in [1.165, 1.54) is 0 Å². The Balaban J connectivity index is 1.92. The van der Waals surface area contributed by atoms with Gasteiger partial charge in [-0.2, -0.15) is 13.2 Å². The lowest BCUT2D eigenvalue weighted by atomic mass is 10.0. The van der Waals surface area contributed by atoms with E-state index >= 15 is 0 Å². The van der Waals surface area contributed by atoms with E-state index in [0.29, 0.717) is 19.1 Å². The van der Waals surface area contributed by atoms with Crippen molar-refractivity contribution in [3.8, 4) is 0 Å². The molecule has 2 rings (SSSR count). The highest BCUT2D eigenvalue weighted by molar-refractivity contribution is 5.75. The fourth-order valence-corrected chi connectivity index (χ4v) is 2.68. The van der Waals surface area contributed by atoms with Gasteiger partial charge >= 0.3 is 12.1 Å². The summed E-state index contributed by atoms with van der Waals surface area (Å²) in [6, 6.07) is 0.358.